The van der Waals surface area contributed by atoms with Crippen LogP contribution in [0.15, 0.2) is 53.3 Å². The van der Waals surface area contributed by atoms with Gasteiger partial charge in [0, 0.05) is 0 Å². The molecule has 7 heteroatoms. The number of nitrogens with one attached hydrogen (secondary N) is 3. The minimum atomic E-state index is -0.172. The number of fused-ring (bicyclic) bond motifs is 1. The lowest BCUT2D eigenvalue weighted by Crippen LogP contribution is -3.08. The number of nitrogens with zero attached hydrogens (tertiary/aromatic N) is 1. The van der Waals surface area contributed by atoms with E-state index in [1.165, 1.54) is 0 Å². The maximum absolute atomic E-state index is 12.2. The maximum atomic E-state index is 12.2. The van der Waals surface area contributed by atoms with Crippen LogP contribution >= 0.6 is 11.6 Å². The summed E-state index contributed by atoms with van der Waals surface area (Å²) in [5.41, 5.74) is 1.06. The molecule has 3 rings (SSSR count). The Morgan fingerprint density at radius 2 is 1.92 bits per heavy atom. The van der Waals surface area contributed by atoms with Gasteiger partial charge in [-0.25, -0.2) is 4.98 Å². The Hall–Kier alpha value is -2.70. The average molecular weight is 358 g/mol. The lowest BCUT2D eigenvalue weighted by molar-refractivity contribution is -0.885. The number of likely N-dealkylation sites (N-methyl/N-ethyl adjacent to an activating group) is 1. The quantitative estimate of drug-likeness (QED) is 0.642. The van der Waals surface area contributed by atoms with E-state index in [4.69, 9.17) is 11.6 Å². The minimum absolute atomic E-state index is 0.159. The van der Waals surface area contributed by atoms with Crippen molar-refractivity contribution in [2.45, 2.75) is 6.54 Å². The van der Waals surface area contributed by atoms with Crippen molar-refractivity contribution in [1.82, 2.24) is 9.97 Å². The maximum Gasteiger partial charge on any atom is 0.279 e. The highest BCUT2D eigenvalue weighted by molar-refractivity contribution is 6.33. The Labute approximate surface area is 149 Å². The summed E-state index contributed by atoms with van der Waals surface area (Å²) in [4.78, 5) is 32.4. The molecule has 1 aromatic heterocycles. The zero-order chi connectivity index (χ0) is 17.8. The topological polar surface area (TPSA) is 79.3 Å². The fourth-order valence-corrected chi connectivity index (χ4v) is 2.78. The molecule has 0 aliphatic heterocycles. The van der Waals surface area contributed by atoms with Gasteiger partial charge in [0.15, 0.2) is 12.4 Å². The lowest BCUT2D eigenvalue weighted by Gasteiger charge is -2.14. The largest absolute Gasteiger partial charge is 0.323 e. The van der Waals surface area contributed by atoms with Crippen molar-refractivity contribution in [3.63, 3.8) is 0 Å². The van der Waals surface area contributed by atoms with E-state index in [0.717, 1.165) is 4.90 Å². The van der Waals surface area contributed by atoms with E-state index in [0.29, 0.717) is 34.0 Å². The first-order valence-electron chi connectivity index (χ1n) is 7.86. The zero-order valence-electron chi connectivity index (χ0n) is 13.7. The average Bonchev–Trinajstić information content (AvgIpc) is 2.57. The van der Waals surface area contributed by atoms with Gasteiger partial charge in [-0.15, -0.1) is 0 Å². The van der Waals surface area contributed by atoms with Gasteiger partial charge in [-0.05, 0) is 24.3 Å². The summed E-state index contributed by atoms with van der Waals surface area (Å²) in [5.74, 6) is 0.389. The molecule has 1 atom stereocenters. The van der Waals surface area contributed by atoms with Gasteiger partial charge in [-0.1, -0.05) is 35.9 Å². The highest BCUT2D eigenvalue weighted by Gasteiger charge is 2.14. The molecule has 25 heavy (non-hydrogen) atoms. The molecule has 1 unspecified atom stereocenters. The van der Waals surface area contributed by atoms with Gasteiger partial charge in [-0.2, -0.15) is 0 Å². The molecule has 6 nitrogen and oxygen atoms in total. The van der Waals surface area contributed by atoms with E-state index in [1.807, 2.05) is 19.2 Å². The van der Waals surface area contributed by atoms with Gasteiger partial charge in [0.05, 0.1) is 28.7 Å². The molecule has 0 radical (unpaired) electrons. The number of para-hydroxylation sites is 2. The molecule has 0 saturated carbocycles. The fourth-order valence-electron chi connectivity index (χ4n) is 2.60. The first kappa shape index (κ1) is 17.1. The molecule has 0 fully saturated rings. The Kier molecular flexibility index (Phi) is 5.11. The first-order chi connectivity index (χ1) is 12.0. The van der Waals surface area contributed by atoms with Crippen molar-refractivity contribution in [1.29, 1.82) is 0 Å². The minimum Gasteiger partial charge on any atom is -0.323 e. The van der Waals surface area contributed by atoms with Crippen molar-refractivity contribution < 1.29 is 9.69 Å². The number of rotatable bonds is 5. The molecule has 3 N–H and O–H groups in total. The van der Waals surface area contributed by atoms with Crippen LogP contribution in [0.3, 0.4) is 0 Å². The van der Waals surface area contributed by atoms with Crippen LogP contribution in [0.25, 0.3) is 10.9 Å². The Morgan fingerprint density at radius 3 is 2.72 bits per heavy atom. The van der Waals surface area contributed by atoms with Crippen molar-refractivity contribution in [2.75, 3.05) is 18.9 Å². The summed E-state index contributed by atoms with van der Waals surface area (Å²) >= 11 is 6.04. The number of H-pyrrole nitrogens is 1. The number of carbonyl (C=O) groups is 1. The van der Waals surface area contributed by atoms with Gasteiger partial charge in [-0.3, -0.25) is 9.59 Å². The smallest absolute Gasteiger partial charge is 0.279 e. The monoisotopic (exact) mass is 357 g/mol. The van der Waals surface area contributed by atoms with E-state index in [9.17, 15) is 9.59 Å². The summed E-state index contributed by atoms with van der Waals surface area (Å²) in [6, 6.07) is 14.3. The summed E-state index contributed by atoms with van der Waals surface area (Å²) in [7, 11) is 1.86. The van der Waals surface area contributed by atoms with Gasteiger partial charge >= 0.3 is 0 Å². The van der Waals surface area contributed by atoms with Crippen LogP contribution in [-0.4, -0.2) is 29.5 Å². The predicted octanol–water partition coefficient (Wildman–Crippen LogP) is 1.23. The second kappa shape index (κ2) is 7.46. The molecular weight excluding hydrogens is 340 g/mol. The number of aromatic nitrogens is 2. The number of hydrogen-bond donors (Lipinski definition) is 3. The Morgan fingerprint density at radius 1 is 1.20 bits per heavy atom. The molecule has 0 aliphatic carbocycles. The van der Waals surface area contributed by atoms with Crippen LogP contribution in [0, 0.1) is 0 Å². The first-order valence-corrected chi connectivity index (χ1v) is 8.24. The summed E-state index contributed by atoms with van der Waals surface area (Å²) < 4.78 is 0. The molecule has 128 valence electrons. The van der Waals surface area contributed by atoms with Crippen LogP contribution in [0.1, 0.15) is 5.82 Å². The van der Waals surface area contributed by atoms with Crippen LogP contribution in [0.4, 0.5) is 5.69 Å². The van der Waals surface area contributed by atoms with Gasteiger partial charge < -0.3 is 15.2 Å². The number of carbonyl (C=O) groups excluding carboxylic acids is 1. The molecule has 0 saturated heterocycles. The van der Waals surface area contributed by atoms with E-state index in [-0.39, 0.29) is 18.0 Å². The van der Waals surface area contributed by atoms with Crippen LogP contribution in [0.5, 0.6) is 0 Å². The summed E-state index contributed by atoms with van der Waals surface area (Å²) in [6.45, 7) is 0.651. The van der Waals surface area contributed by atoms with E-state index in [1.54, 1.807) is 36.4 Å². The second-order valence-electron chi connectivity index (χ2n) is 5.87. The molecule has 1 amide bonds. The number of anilines is 1. The van der Waals surface area contributed by atoms with Crippen molar-refractivity contribution in [2.24, 2.45) is 0 Å². The Balaban J connectivity index is 1.66. The third-order valence-electron chi connectivity index (χ3n) is 3.74. The summed E-state index contributed by atoms with van der Waals surface area (Å²) in [5, 5.41) is 3.83. The third kappa shape index (κ3) is 4.23. The molecule has 1 heterocycles. The fraction of sp³-hybridized carbons (Fsp3) is 0.167. The molecule has 0 bridgehead atoms. The number of aromatic amines is 1. The van der Waals surface area contributed by atoms with Crippen LogP contribution in [0.2, 0.25) is 5.02 Å². The number of amides is 1. The van der Waals surface area contributed by atoms with Gasteiger partial charge in [0.2, 0.25) is 0 Å². The highest BCUT2D eigenvalue weighted by Crippen LogP contribution is 2.19. The molecule has 0 aliphatic rings. The Bertz CT molecular complexity index is 970. The van der Waals surface area contributed by atoms with Crippen molar-refractivity contribution >= 4 is 34.1 Å². The van der Waals surface area contributed by atoms with Crippen LogP contribution < -0.4 is 15.8 Å². The normalized spacial score (nSPS) is 12.1. The molecule has 3 aromatic rings. The van der Waals surface area contributed by atoms with Gasteiger partial charge in [0.1, 0.15) is 6.54 Å². The second-order valence-corrected chi connectivity index (χ2v) is 6.28. The lowest BCUT2D eigenvalue weighted by atomic mass is 10.2. The number of halogens is 1. The van der Waals surface area contributed by atoms with E-state index >= 15 is 0 Å². The number of quaternary nitrogens is 1. The summed E-state index contributed by atoms with van der Waals surface area (Å²) in [6.07, 6.45) is 0. The predicted molar refractivity (Wildman–Crippen MR) is 97.9 cm³/mol. The molecular formula is C18H18ClN4O2+. The van der Waals surface area contributed by atoms with E-state index < -0.39 is 0 Å². The highest BCUT2D eigenvalue weighted by atomic mass is 35.5. The van der Waals surface area contributed by atoms with Crippen molar-refractivity contribution in [3.05, 3.63) is 69.7 Å². The third-order valence-corrected chi connectivity index (χ3v) is 4.07. The standard InChI is InChI=1S/C18H17ClN4O2/c1-23(11-17(24)21-15-9-5-3-7-13(15)19)10-16-20-14-8-4-2-6-12(14)18(25)22-16/h2-9H,10-11H2,1H3,(H,21,24)(H,20,22,25)/p+1. The van der Waals surface area contributed by atoms with E-state index in [2.05, 4.69) is 15.3 Å². The van der Waals surface area contributed by atoms with Gasteiger partial charge in [0.25, 0.3) is 11.5 Å². The molecule has 0 spiro atoms. The van der Waals surface area contributed by atoms with Crippen LogP contribution in [-0.2, 0) is 11.3 Å². The zero-order valence-corrected chi connectivity index (χ0v) is 14.4. The number of hydrogen-bond acceptors (Lipinski definition) is 3. The van der Waals surface area contributed by atoms with Crippen molar-refractivity contribution in [3.8, 4) is 0 Å². The number of benzene rings is 2. The SMILES string of the molecule is C[NH+](CC(=O)Nc1ccccc1Cl)Cc1nc2ccccc2c(=O)[nH]1. The molecule has 2 aromatic carbocycles.